The summed E-state index contributed by atoms with van der Waals surface area (Å²) in [5.74, 6) is -1.52. The van der Waals surface area contributed by atoms with Gasteiger partial charge >= 0.3 is 5.97 Å². The van der Waals surface area contributed by atoms with Crippen LogP contribution in [-0.4, -0.2) is 30.2 Å². The molecule has 114 valence electrons. The maximum absolute atomic E-state index is 12.3. The number of nitrogens with one attached hydrogen (secondary N) is 1. The summed E-state index contributed by atoms with van der Waals surface area (Å²) in [6, 6.07) is 6.99. The number of benzene rings is 1. The first-order valence-electron chi connectivity index (χ1n) is 7.20. The summed E-state index contributed by atoms with van der Waals surface area (Å²) in [6.45, 7) is 4.58. The van der Waals surface area contributed by atoms with Crippen molar-refractivity contribution in [3.05, 3.63) is 29.8 Å². The number of ether oxygens (including phenoxy) is 1. The van der Waals surface area contributed by atoms with Crippen LogP contribution in [0.2, 0.25) is 0 Å². The number of carbonyl (C=O) groups is 2. The predicted molar refractivity (Wildman–Crippen MR) is 79.3 cm³/mol. The lowest BCUT2D eigenvalue weighted by Gasteiger charge is -2.16. The lowest BCUT2D eigenvalue weighted by molar-refractivity contribution is -0.138. The van der Waals surface area contributed by atoms with Crippen LogP contribution in [0.15, 0.2) is 24.3 Å². The highest BCUT2D eigenvalue weighted by Crippen LogP contribution is 2.46. The van der Waals surface area contributed by atoms with E-state index in [1.807, 2.05) is 6.92 Å². The lowest BCUT2D eigenvalue weighted by Crippen LogP contribution is -2.28. The molecule has 1 aliphatic rings. The van der Waals surface area contributed by atoms with Crippen LogP contribution in [0, 0.1) is 5.41 Å². The summed E-state index contributed by atoms with van der Waals surface area (Å²) in [5.41, 5.74) is 0.910. The second kappa shape index (κ2) is 6.26. The van der Waals surface area contributed by atoms with E-state index in [-0.39, 0.29) is 5.91 Å². The molecule has 0 heterocycles. The number of aliphatic carboxylic acids is 1. The molecule has 1 amide bonds. The molecule has 1 fully saturated rings. The van der Waals surface area contributed by atoms with Crippen LogP contribution in [0.4, 0.5) is 5.69 Å². The van der Waals surface area contributed by atoms with Crippen LogP contribution in [0.5, 0.6) is 0 Å². The molecule has 1 aliphatic carbocycles. The fraction of sp³-hybridized carbons (Fsp3) is 0.500. The highest BCUT2D eigenvalue weighted by Gasteiger charge is 2.50. The molecular weight excluding hydrogens is 270 g/mol. The molecule has 1 saturated carbocycles. The maximum Gasteiger partial charge on any atom is 0.310 e. The molecule has 2 N–H and O–H groups in total. The van der Waals surface area contributed by atoms with Gasteiger partial charge in [0.2, 0.25) is 5.91 Å². The Morgan fingerprint density at radius 3 is 2.71 bits per heavy atom. The SMILES string of the molecule is CCOCC1(C(=O)Nc2cccc(C(C)C(=O)O)c2)CC1. The van der Waals surface area contributed by atoms with Crippen molar-refractivity contribution in [1.82, 2.24) is 0 Å². The van der Waals surface area contributed by atoms with Gasteiger partial charge in [-0.1, -0.05) is 12.1 Å². The van der Waals surface area contributed by atoms with E-state index in [1.165, 1.54) is 0 Å². The summed E-state index contributed by atoms with van der Waals surface area (Å²) in [6.07, 6.45) is 1.67. The van der Waals surface area contributed by atoms with Crippen LogP contribution < -0.4 is 5.32 Å². The molecular formula is C16H21NO4. The molecule has 0 aliphatic heterocycles. The van der Waals surface area contributed by atoms with Gasteiger partial charge in [-0.25, -0.2) is 0 Å². The zero-order chi connectivity index (χ0) is 15.5. The van der Waals surface area contributed by atoms with Crippen LogP contribution in [0.3, 0.4) is 0 Å². The maximum atomic E-state index is 12.3. The lowest BCUT2D eigenvalue weighted by atomic mass is 10.0. The Hall–Kier alpha value is -1.88. The Morgan fingerprint density at radius 2 is 2.14 bits per heavy atom. The first kappa shape index (κ1) is 15.5. The van der Waals surface area contributed by atoms with Gasteiger partial charge < -0.3 is 15.2 Å². The third-order valence-electron chi connectivity index (χ3n) is 3.93. The predicted octanol–water partition coefficient (Wildman–Crippen LogP) is 2.63. The van der Waals surface area contributed by atoms with Crippen LogP contribution >= 0.6 is 0 Å². The summed E-state index contributed by atoms with van der Waals surface area (Å²) < 4.78 is 5.37. The highest BCUT2D eigenvalue weighted by molar-refractivity contribution is 5.97. The minimum absolute atomic E-state index is 0.0453. The van der Waals surface area contributed by atoms with Crippen molar-refractivity contribution in [2.45, 2.75) is 32.6 Å². The molecule has 2 rings (SSSR count). The van der Waals surface area contributed by atoms with Crippen LogP contribution in [-0.2, 0) is 14.3 Å². The third-order valence-corrected chi connectivity index (χ3v) is 3.93. The first-order valence-corrected chi connectivity index (χ1v) is 7.20. The quantitative estimate of drug-likeness (QED) is 0.809. The van der Waals surface area contributed by atoms with E-state index in [9.17, 15) is 9.59 Å². The van der Waals surface area contributed by atoms with Crippen LogP contribution in [0.25, 0.3) is 0 Å². The number of hydrogen-bond acceptors (Lipinski definition) is 3. The van der Waals surface area contributed by atoms with E-state index in [0.29, 0.717) is 24.5 Å². The topological polar surface area (TPSA) is 75.6 Å². The average Bonchev–Trinajstić information content (AvgIpc) is 3.25. The van der Waals surface area contributed by atoms with E-state index in [1.54, 1.807) is 31.2 Å². The standard InChI is InChI=1S/C16H21NO4/c1-3-21-10-16(7-8-16)15(20)17-13-6-4-5-12(9-13)11(2)14(18)19/h4-6,9,11H,3,7-8,10H2,1-2H3,(H,17,20)(H,18,19). The molecule has 0 aromatic heterocycles. The number of hydrogen-bond donors (Lipinski definition) is 2. The number of rotatable bonds is 7. The van der Waals surface area contributed by atoms with Crippen molar-refractivity contribution in [2.75, 3.05) is 18.5 Å². The Kier molecular flexibility index (Phi) is 4.63. The van der Waals surface area contributed by atoms with E-state index >= 15 is 0 Å². The monoisotopic (exact) mass is 291 g/mol. The summed E-state index contributed by atoms with van der Waals surface area (Å²) in [5, 5.41) is 11.9. The second-order valence-corrected chi connectivity index (χ2v) is 5.56. The minimum Gasteiger partial charge on any atom is -0.481 e. The summed E-state index contributed by atoms with van der Waals surface area (Å²) in [4.78, 5) is 23.3. The normalized spacial score (nSPS) is 17.0. The Labute approximate surface area is 124 Å². The van der Waals surface area contributed by atoms with E-state index in [4.69, 9.17) is 9.84 Å². The van der Waals surface area contributed by atoms with Crippen molar-refractivity contribution in [3.63, 3.8) is 0 Å². The Morgan fingerprint density at radius 1 is 1.43 bits per heavy atom. The zero-order valence-electron chi connectivity index (χ0n) is 12.4. The molecule has 1 aromatic rings. The molecule has 5 nitrogen and oxygen atoms in total. The van der Waals surface area contributed by atoms with Gasteiger partial charge in [0.1, 0.15) is 0 Å². The van der Waals surface area contributed by atoms with Gasteiger partial charge in [-0.2, -0.15) is 0 Å². The number of amides is 1. The van der Waals surface area contributed by atoms with Gasteiger partial charge in [0.05, 0.1) is 17.9 Å². The molecule has 0 radical (unpaired) electrons. The van der Waals surface area contributed by atoms with Crippen molar-refractivity contribution in [2.24, 2.45) is 5.41 Å². The highest BCUT2D eigenvalue weighted by atomic mass is 16.5. The molecule has 1 aromatic carbocycles. The molecule has 0 bridgehead atoms. The van der Waals surface area contributed by atoms with Gasteiger partial charge in [-0.05, 0) is 44.4 Å². The van der Waals surface area contributed by atoms with Gasteiger partial charge in [0.25, 0.3) is 0 Å². The van der Waals surface area contributed by atoms with Crippen molar-refractivity contribution in [1.29, 1.82) is 0 Å². The van der Waals surface area contributed by atoms with Crippen molar-refractivity contribution in [3.8, 4) is 0 Å². The smallest absolute Gasteiger partial charge is 0.310 e. The van der Waals surface area contributed by atoms with Crippen LogP contribution in [0.1, 0.15) is 38.2 Å². The summed E-state index contributed by atoms with van der Waals surface area (Å²) >= 11 is 0. The zero-order valence-corrected chi connectivity index (χ0v) is 12.4. The molecule has 21 heavy (non-hydrogen) atoms. The molecule has 0 spiro atoms. The van der Waals surface area contributed by atoms with Gasteiger partial charge in [-0.3, -0.25) is 9.59 Å². The molecule has 1 atom stereocenters. The fourth-order valence-corrected chi connectivity index (χ4v) is 2.18. The summed E-state index contributed by atoms with van der Waals surface area (Å²) in [7, 11) is 0. The first-order chi connectivity index (χ1) is 9.98. The van der Waals surface area contributed by atoms with Gasteiger partial charge in [0.15, 0.2) is 0 Å². The number of carboxylic acid groups (broad SMARTS) is 1. The second-order valence-electron chi connectivity index (χ2n) is 5.56. The number of carbonyl (C=O) groups excluding carboxylic acids is 1. The fourth-order valence-electron chi connectivity index (χ4n) is 2.18. The van der Waals surface area contributed by atoms with Crippen molar-refractivity contribution >= 4 is 17.6 Å². The molecule has 0 saturated heterocycles. The Balaban J connectivity index is 2.05. The minimum atomic E-state index is -0.881. The van der Waals surface area contributed by atoms with E-state index in [2.05, 4.69) is 5.32 Å². The van der Waals surface area contributed by atoms with Gasteiger partial charge in [-0.15, -0.1) is 0 Å². The Bertz CT molecular complexity index is 537. The molecule has 5 heteroatoms. The molecule has 1 unspecified atom stereocenters. The average molecular weight is 291 g/mol. The van der Waals surface area contributed by atoms with Gasteiger partial charge in [0, 0.05) is 12.3 Å². The number of carboxylic acids is 1. The van der Waals surface area contributed by atoms with Crippen molar-refractivity contribution < 1.29 is 19.4 Å². The largest absolute Gasteiger partial charge is 0.481 e. The third kappa shape index (κ3) is 3.61. The van der Waals surface area contributed by atoms with E-state index < -0.39 is 17.3 Å². The number of anilines is 1. The van der Waals surface area contributed by atoms with E-state index in [0.717, 1.165) is 12.8 Å².